The van der Waals surface area contributed by atoms with Crippen LogP contribution in [0.5, 0.6) is 11.5 Å². The van der Waals surface area contributed by atoms with E-state index in [-0.39, 0.29) is 5.56 Å². The van der Waals surface area contributed by atoms with Crippen molar-refractivity contribution >= 4 is 11.3 Å². The summed E-state index contributed by atoms with van der Waals surface area (Å²) in [6, 6.07) is 7.35. The zero-order chi connectivity index (χ0) is 29.1. The zero-order valence-corrected chi connectivity index (χ0v) is 23.2. The molecule has 2 aliphatic heterocycles. The number of nitrogens with zero attached hydrogens (tertiary/aromatic N) is 4. The summed E-state index contributed by atoms with van der Waals surface area (Å²) in [5.41, 5.74) is 3.35. The van der Waals surface area contributed by atoms with E-state index >= 15 is 0 Å². The molecule has 0 radical (unpaired) electrons. The summed E-state index contributed by atoms with van der Waals surface area (Å²) in [5.74, 6) is 0.698. The fourth-order valence-electron chi connectivity index (χ4n) is 5.60. The largest absolute Gasteiger partial charge is 0.455 e. The third kappa shape index (κ3) is 4.68. The Labute approximate surface area is 230 Å². The maximum Gasteiger partial charge on any atom is 0.408 e. The second-order valence-corrected chi connectivity index (χ2v) is 10.8. The van der Waals surface area contributed by atoms with Gasteiger partial charge in [0.15, 0.2) is 5.75 Å². The van der Waals surface area contributed by atoms with E-state index in [1.807, 2.05) is 45.0 Å². The number of aromatic nitrogens is 3. The molecule has 0 aliphatic carbocycles. The molecule has 2 aromatic heterocycles. The highest BCUT2D eigenvalue weighted by atomic mass is 19.4. The quantitative estimate of drug-likeness (QED) is 0.483. The van der Waals surface area contributed by atoms with E-state index in [2.05, 4.69) is 10.4 Å². The Balaban J connectivity index is 1.62. The van der Waals surface area contributed by atoms with Crippen molar-refractivity contribution < 1.29 is 23.0 Å². The van der Waals surface area contributed by atoms with Crippen LogP contribution in [0, 0.1) is 26.7 Å². The number of fused-ring (bicyclic) bond motifs is 1. The minimum atomic E-state index is -4.41. The molecule has 0 saturated heterocycles. The molecule has 40 heavy (non-hydrogen) atoms. The molecule has 0 fully saturated rings. The van der Waals surface area contributed by atoms with Crippen LogP contribution in [0.3, 0.4) is 0 Å². The standard InChI is InChI=1S/C29H32F3N5O3/c1-16-8-7-9-17(2)26(16)40-24-14-35(5)25(38)10-19(24)21-13-36(6)27(39)28(4)22(21)11-23(34-28)20-12-33-37(18(20)3)15-29(30,31)32/h7-14,22,27,34,39H,15H2,1-6H3. The second-order valence-electron chi connectivity index (χ2n) is 10.8. The first-order chi connectivity index (χ1) is 18.7. The molecule has 3 unspecified atom stereocenters. The van der Waals surface area contributed by atoms with Crippen molar-refractivity contribution in [3.05, 3.63) is 87.2 Å². The van der Waals surface area contributed by atoms with Crippen LogP contribution in [0.2, 0.25) is 0 Å². The van der Waals surface area contributed by atoms with Gasteiger partial charge in [0.25, 0.3) is 5.56 Å². The number of hydrogen-bond donors (Lipinski definition) is 2. The van der Waals surface area contributed by atoms with E-state index < -0.39 is 30.4 Å². The van der Waals surface area contributed by atoms with E-state index in [0.29, 0.717) is 34.0 Å². The molecule has 0 amide bonds. The highest BCUT2D eigenvalue weighted by molar-refractivity contribution is 5.81. The molecule has 3 atom stereocenters. The molecule has 4 heterocycles. The average molecular weight is 556 g/mol. The first-order valence-corrected chi connectivity index (χ1v) is 12.9. The van der Waals surface area contributed by atoms with E-state index in [9.17, 15) is 23.1 Å². The van der Waals surface area contributed by atoms with E-state index in [1.165, 1.54) is 16.8 Å². The summed E-state index contributed by atoms with van der Waals surface area (Å²) < 4.78 is 48.0. The van der Waals surface area contributed by atoms with Gasteiger partial charge in [-0.15, -0.1) is 0 Å². The predicted molar refractivity (Wildman–Crippen MR) is 145 cm³/mol. The number of halogens is 3. The molecule has 2 aliphatic rings. The molecule has 8 nitrogen and oxygen atoms in total. The maximum absolute atomic E-state index is 13.1. The number of rotatable bonds is 5. The SMILES string of the molecule is Cc1cccc(C)c1Oc1cn(C)c(=O)cc1C1=CN(C)C(O)C2(C)NC(c3cnn(CC(F)(F)F)c3C)=CC12. The van der Waals surface area contributed by atoms with Gasteiger partial charge >= 0.3 is 6.18 Å². The highest BCUT2D eigenvalue weighted by Crippen LogP contribution is 2.48. The molecule has 212 valence electrons. The first-order valence-electron chi connectivity index (χ1n) is 12.9. The molecular weight excluding hydrogens is 523 g/mol. The number of para-hydroxylation sites is 1. The van der Waals surface area contributed by atoms with Crippen LogP contribution in [0.4, 0.5) is 13.2 Å². The molecule has 1 aromatic carbocycles. The lowest BCUT2D eigenvalue weighted by Gasteiger charge is -2.46. The van der Waals surface area contributed by atoms with Crippen molar-refractivity contribution in [1.29, 1.82) is 0 Å². The molecule has 0 saturated carbocycles. The fraction of sp³-hybridized carbons (Fsp3) is 0.379. The summed E-state index contributed by atoms with van der Waals surface area (Å²) in [6.07, 6.45) is 1.31. The van der Waals surface area contributed by atoms with Crippen LogP contribution >= 0.6 is 0 Å². The lowest BCUT2D eigenvalue weighted by Crippen LogP contribution is -2.60. The number of ether oxygens (including phenoxy) is 1. The van der Waals surface area contributed by atoms with Gasteiger partial charge in [-0.1, -0.05) is 24.3 Å². The second kappa shape index (κ2) is 9.58. The third-order valence-electron chi connectivity index (χ3n) is 7.83. The Hall–Kier alpha value is -3.99. The lowest BCUT2D eigenvalue weighted by molar-refractivity contribution is -0.142. The molecule has 0 bridgehead atoms. The molecule has 0 spiro atoms. The summed E-state index contributed by atoms with van der Waals surface area (Å²) in [4.78, 5) is 14.5. The number of nitrogens with one attached hydrogen (secondary N) is 1. The van der Waals surface area contributed by atoms with Gasteiger partial charge in [0.1, 0.15) is 18.5 Å². The van der Waals surface area contributed by atoms with Gasteiger partial charge in [0.2, 0.25) is 0 Å². The number of aliphatic hydroxyl groups is 1. The van der Waals surface area contributed by atoms with Gasteiger partial charge in [0, 0.05) is 54.8 Å². The minimum absolute atomic E-state index is 0.236. The molecule has 2 N–H and O–H groups in total. The van der Waals surface area contributed by atoms with Crippen LogP contribution in [-0.2, 0) is 13.6 Å². The summed E-state index contributed by atoms with van der Waals surface area (Å²) >= 11 is 0. The summed E-state index contributed by atoms with van der Waals surface area (Å²) in [5, 5.41) is 18.6. The van der Waals surface area contributed by atoms with Crippen molar-refractivity contribution in [2.45, 2.75) is 52.2 Å². The van der Waals surface area contributed by atoms with Crippen LogP contribution in [0.1, 0.15) is 34.9 Å². The Morgan fingerprint density at radius 2 is 1.82 bits per heavy atom. The molecule has 5 rings (SSSR count). The van der Waals surface area contributed by atoms with Gasteiger partial charge in [-0.25, -0.2) is 0 Å². The van der Waals surface area contributed by atoms with Crippen molar-refractivity contribution in [3.63, 3.8) is 0 Å². The normalized spacial score (nSPS) is 22.5. The Morgan fingerprint density at radius 1 is 1.15 bits per heavy atom. The van der Waals surface area contributed by atoms with Gasteiger partial charge < -0.3 is 24.6 Å². The van der Waals surface area contributed by atoms with Gasteiger partial charge in [-0.2, -0.15) is 18.3 Å². The number of benzene rings is 1. The zero-order valence-electron chi connectivity index (χ0n) is 23.2. The van der Waals surface area contributed by atoms with Crippen molar-refractivity contribution in [2.24, 2.45) is 13.0 Å². The highest BCUT2D eigenvalue weighted by Gasteiger charge is 2.51. The van der Waals surface area contributed by atoms with Crippen molar-refractivity contribution in [1.82, 2.24) is 24.6 Å². The van der Waals surface area contributed by atoms with Crippen LogP contribution in [-0.4, -0.2) is 49.3 Å². The Morgan fingerprint density at radius 3 is 2.48 bits per heavy atom. The molecule has 11 heteroatoms. The third-order valence-corrected chi connectivity index (χ3v) is 7.83. The Kier molecular flexibility index (Phi) is 6.60. The van der Waals surface area contributed by atoms with E-state index in [0.717, 1.165) is 21.4 Å². The number of alkyl halides is 3. The summed E-state index contributed by atoms with van der Waals surface area (Å²) in [6.45, 7) is 6.12. The number of aliphatic hydroxyl groups excluding tert-OH is 1. The predicted octanol–water partition coefficient (Wildman–Crippen LogP) is 4.49. The fourth-order valence-corrected chi connectivity index (χ4v) is 5.60. The van der Waals surface area contributed by atoms with Gasteiger partial charge in [-0.05, 0) is 44.4 Å². The van der Waals surface area contributed by atoms with E-state index in [4.69, 9.17) is 4.74 Å². The number of pyridine rings is 1. The van der Waals surface area contributed by atoms with Crippen LogP contribution in [0.15, 0.2) is 53.7 Å². The average Bonchev–Trinajstić information content (AvgIpc) is 3.40. The number of aryl methyl sites for hydroxylation is 3. The van der Waals surface area contributed by atoms with Crippen molar-refractivity contribution in [2.75, 3.05) is 7.05 Å². The minimum Gasteiger partial charge on any atom is -0.455 e. The first kappa shape index (κ1) is 27.6. The van der Waals surface area contributed by atoms with Crippen molar-refractivity contribution in [3.8, 4) is 11.5 Å². The maximum atomic E-state index is 13.1. The smallest absolute Gasteiger partial charge is 0.408 e. The van der Waals surface area contributed by atoms with Crippen LogP contribution < -0.4 is 15.6 Å². The van der Waals surface area contributed by atoms with Gasteiger partial charge in [0.05, 0.1) is 17.9 Å². The van der Waals surface area contributed by atoms with Crippen LogP contribution in [0.25, 0.3) is 11.3 Å². The number of likely N-dealkylation sites (N-methyl/N-ethyl adjacent to an activating group) is 1. The molecule has 3 aromatic rings. The monoisotopic (exact) mass is 555 g/mol. The molecular formula is C29H32F3N5O3. The lowest BCUT2D eigenvalue weighted by atomic mass is 9.76. The summed E-state index contributed by atoms with van der Waals surface area (Å²) in [7, 11) is 3.38. The topological polar surface area (TPSA) is 84.6 Å². The Bertz CT molecular complexity index is 1580. The number of hydrogen-bond acceptors (Lipinski definition) is 6. The van der Waals surface area contributed by atoms with E-state index in [1.54, 1.807) is 38.3 Å². The van der Waals surface area contributed by atoms with Gasteiger partial charge in [-0.3, -0.25) is 9.48 Å².